The molecule has 1 N–H and O–H groups in total. The molecule has 0 fully saturated rings. The highest BCUT2D eigenvalue weighted by Gasteiger charge is 2.04. The second-order valence-corrected chi connectivity index (χ2v) is 3.47. The SMILES string of the molecule is CNc1nnc(SC)nc1SC. The molecule has 1 rings (SSSR count). The maximum atomic E-state index is 4.27. The predicted octanol–water partition coefficient (Wildman–Crippen LogP) is 1.36. The first-order valence-electron chi connectivity index (χ1n) is 3.32. The average Bonchev–Trinajstić information content (AvgIpc) is 2.16. The van der Waals surface area contributed by atoms with Crippen molar-refractivity contribution in [1.29, 1.82) is 0 Å². The van der Waals surface area contributed by atoms with Gasteiger partial charge >= 0.3 is 0 Å². The van der Waals surface area contributed by atoms with E-state index in [9.17, 15) is 0 Å². The highest BCUT2D eigenvalue weighted by Crippen LogP contribution is 2.21. The Hall–Kier alpha value is -0.490. The number of nitrogens with zero attached hydrogens (tertiary/aromatic N) is 3. The van der Waals surface area contributed by atoms with Gasteiger partial charge in [0, 0.05) is 7.05 Å². The summed E-state index contributed by atoms with van der Waals surface area (Å²) in [4.78, 5) is 4.27. The van der Waals surface area contributed by atoms with Crippen LogP contribution >= 0.6 is 23.5 Å². The van der Waals surface area contributed by atoms with Gasteiger partial charge in [-0.2, -0.15) is 0 Å². The summed E-state index contributed by atoms with van der Waals surface area (Å²) < 4.78 is 0. The third-order valence-corrected chi connectivity index (χ3v) is 2.46. The molecule has 0 saturated heterocycles. The maximum absolute atomic E-state index is 4.27. The van der Waals surface area contributed by atoms with Crippen molar-refractivity contribution in [3.05, 3.63) is 0 Å². The van der Waals surface area contributed by atoms with Crippen LogP contribution in [0.25, 0.3) is 0 Å². The van der Waals surface area contributed by atoms with Crippen molar-refractivity contribution < 1.29 is 0 Å². The van der Waals surface area contributed by atoms with Gasteiger partial charge in [0.25, 0.3) is 0 Å². The average molecular weight is 202 g/mol. The summed E-state index contributed by atoms with van der Waals surface area (Å²) in [6, 6.07) is 0. The Balaban J connectivity index is 3.02. The molecule has 0 aliphatic heterocycles. The van der Waals surface area contributed by atoms with Crippen LogP contribution in [0.15, 0.2) is 10.2 Å². The third-order valence-electron chi connectivity index (χ3n) is 1.25. The smallest absolute Gasteiger partial charge is 0.210 e. The van der Waals surface area contributed by atoms with E-state index < -0.39 is 0 Å². The monoisotopic (exact) mass is 202 g/mol. The molecule has 1 aromatic rings. The summed E-state index contributed by atoms with van der Waals surface area (Å²) in [6.45, 7) is 0. The number of hydrogen-bond donors (Lipinski definition) is 1. The number of aromatic nitrogens is 3. The van der Waals surface area contributed by atoms with E-state index in [-0.39, 0.29) is 0 Å². The maximum Gasteiger partial charge on any atom is 0.210 e. The van der Waals surface area contributed by atoms with Crippen LogP contribution in [0.4, 0.5) is 5.82 Å². The Morgan fingerprint density at radius 1 is 1.17 bits per heavy atom. The summed E-state index contributed by atoms with van der Waals surface area (Å²) in [5.41, 5.74) is 0. The van der Waals surface area contributed by atoms with E-state index in [1.807, 2.05) is 19.6 Å². The Morgan fingerprint density at radius 3 is 2.42 bits per heavy atom. The number of thioether (sulfide) groups is 2. The van der Waals surface area contributed by atoms with Crippen molar-refractivity contribution in [2.75, 3.05) is 24.9 Å². The predicted molar refractivity (Wildman–Crippen MR) is 52.9 cm³/mol. The van der Waals surface area contributed by atoms with Gasteiger partial charge in [-0.25, -0.2) is 4.98 Å². The van der Waals surface area contributed by atoms with Gasteiger partial charge in [0.1, 0.15) is 5.03 Å². The topological polar surface area (TPSA) is 50.7 Å². The molecule has 0 amide bonds. The van der Waals surface area contributed by atoms with Crippen LogP contribution in [0.1, 0.15) is 0 Å². The molecule has 4 nitrogen and oxygen atoms in total. The van der Waals surface area contributed by atoms with Gasteiger partial charge < -0.3 is 5.32 Å². The van der Waals surface area contributed by atoms with Crippen LogP contribution in [-0.2, 0) is 0 Å². The number of hydrogen-bond acceptors (Lipinski definition) is 6. The van der Waals surface area contributed by atoms with E-state index in [0.29, 0.717) is 5.16 Å². The molecule has 0 aliphatic rings. The molecule has 0 radical (unpaired) electrons. The summed E-state index contributed by atoms with van der Waals surface area (Å²) in [5, 5.41) is 12.4. The van der Waals surface area contributed by atoms with Crippen molar-refractivity contribution in [3.8, 4) is 0 Å². The quantitative estimate of drug-likeness (QED) is 0.747. The van der Waals surface area contributed by atoms with E-state index in [2.05, 4.69) is 20.5 Å². The highest BCUT2D eigenvalue weighted by atomic mass is 32.2. The molecule has 1 aromatic heterocycles. The van der Waals surface area contributed by atoms with Gasteiger partial charge in [-0.1, -0.05) is 11.8 Å². The van der Waals surface area contributed by atoms with Crippen molar-refractivity contribution in [2.24, 2.45) is 0 Å². The summed E-state index contributed by atoms with van der Waals surface area (Å²) in [5.74, 6) is 0.736. The minimum Gasteiger partial charge on any atom is -0.369 e. The lowest BCUT2D eigenvalue weighted by Gasteiger charge is -2.03. The second-order valence-electron chi connectivity index (χ2n) is 1.91. The lowest BCUT2D eigenvalue weighted by Crippen LogP contribution is -2.00. The lowest BCUT2D eigenvalue weighted by molar-refractivity contribution is 0.793. The second kappa shape index (κ2) is 4.51. The standard InChI is InChI=1S/C6H10N4S2/c1-7-4-5(11-2)8-6(12-3)10-9-4/h1-3H3,(H,7,9). The fourth-order valence-corrected chi connectivity index (χ4v) is 1.56. The molecular formula is C6H10N4S2. The molecular weight excluding hydrogens is 192 g/mol. The molecule has 1 heterocycles. The van der Waals surface area contributed by atoms with E-state index in [0.717, 1.165) is 10.8 Å². The lowest BCUT2D eigenvalue weighted by atomic mass is 10.7. The largest absolute Gasteiger partial charge is 0.369 e. The van der Waals surface area contributed by atoms with Crippen LogP contribution in [0.3, 0.4) is 0 Å². The zero-order chi connectivity index (χ0) is 8.97. The van der Waals surface area contributed by atoms with Gasteiger partial charge in [0.2, 0.25) is 5.16 Å². The summed E-state index contributed by atoms with van der Waals surface area (Å²) >= 11 is 3.05. The fourth-order valence-electron chi connectivity index (χ4n) is 0.683. The molecule has 0 aromatic carbocycles. The third kappa shape index (κ3) is 2.01. The van der Waals surface area contributed by atoms with Crippen LogP contribution in [-0.4, -0.2) is 34.7 Å². The Kier molecular flexibility index (Phi) is 3.61. The van der Waals surface area contributed by atoms with E-state index in [4.69, 9.17) is 0 Å². The molecule has 12 heavy (non-hydrogen) atoms. The molecule has 0 atom stereocenters. The van der Waals surface area contributed by atoms with Gasteiger partial charge in [-0.05, 0) is 12.5 Å². The molecule has 6 heteroatoms. The van der Waals surface area contributed by atoms with Crippen LogP contribution < -0.4 is 5.32 Å². The number of rotatable bonds is 3. The normalized spacial score (nSPS) is 9.92. The van der Waals surface area contributed by atoms with Gasteiger partial charge in [0.15, 0.2) is 5.82 Å². The Bertz CT molecular complexity index is 266. The van der Waals surface area contributed by atoms with E-state index in [1.165, 1.54) is 11.8 Å². The molecule has 0 aliphatic carbocycles. The van der Waals surface area contributed by atoms with E-state index in [1.54, 1.807) is 11.8 Å². The minimum absolute atomic E-state index is 0.707. The zero-order valence-electron chi connectivity index (χ0n) is 7.16. The minimum atomic E-state index is 0.707. The van der Waals surface area contributed by atoms with Crippen LogP contribution in [0.2, 0.25) is 0 Å². The van der Waals surface area contributed by atoms with E-state index >= 15 is 0 Å². The molecule has 0 unspecified atom stereocenters. The zero-order valence-corrected chi connectivity index (χ0v) is 8.79. The van der Waals surface area contributed by atoms with Crippen LogP contribution in [0.5, 0.6) is 0 Å². The molecule has 0 spiro atoms. The highest BCUT2D eigenvalue weighted by molar-refractivity contribution is 7.99. The first-order chi connectivity index (χ1) is 5.81. The fraction of sp³-hybridized carbons (Fsp3) is 0.500. The van der Waals surface area contributed by atoms with Crippen molar-refractivity contribution in [3.63, 3.8) is 0 Å². The number of nitrogens with one attached hydrogen (secondary N) is 1. The molecule has 0 saturated carbocycles. The van der Waals surface area contributed by atoms with Gasteiger partial charge in [-0.3, -0.25) is 0 Å². The first-order valence-corrected chi connectivity index (χ1v) is 5.77. The van der Waals surface area contributed by atoms with Crippen molar-refractivity contribution >= 4 is 29.3 Å². The first kappa shape index (κ1) is 9.60. The van der Waals surface area contributed by atoms with Gasteiger partial charge in [-0.15, -0.1) is 22.0 Å². The van der Waals surface area contributed by atoms with Crippen molar-refractivity contribution in [2.45, 2.75) is 10.2 Å². The van der Waals surface area contributed by atoms with Gasteiger partial charge in [0.05, 0.1) is 0 Å². The number of anilines is 1. The Morgan fingerprint density at radius 2 is 1.92 bits per heavy atom. The van der Waals surface area contributed by atoms with Crippen LogP contribution in [0, 0.1) is 0 Å². The molecule has 0 bridgehead atoms. The summed E-state index contributed by atoms with van der Waals surface area (Å²) in [7, 11) is 1.81. The van der Waals surface area contributed by atoms with Crippen molar-refractivity contribution in [1.82, 2.24) is 15.2 Å². The molecule has 66 valence electrons. The Labute approximate surface area is 79.9 Å². The summed E-state index contributed by atoms with van der Waals surface area (Å²) in [6.07, 6.45) is 3.90.